The van der Waals surface area contributed by atoms with E-state index < -0.39 is 69.5 Å². The first-order valence-corrected chi connectivity index (χ1v) is 57.4. The molecule has 0 aliphatic carbocycles. The molecule has 74 heavy (non-hydrogen) atoms. The summed E-state index contributed by atoms with van der Waals surface area (Å²) in [5, 5.41) is 0. The van der Waals surface area contributed by atoms with Crippen molar-refractivity contribution in [3.8, 4) is 0 Å². The SMILES string of the molecule is CCO[Si](OCC)(OCC)[S+](SCC)SSC(SS[S+](SCC)[Si](OCC)(OCC)OCC)=C(CC)C(CCC(C)C)(SS[S+](SCC)[Si](OCC)(OCC)OCC)SS[S+](SCC)[Si](OCC)(OCC)OCC. The highest BCUT2D eigenvalue weighted by Gasteiger charge is 2.70. The average molecular weight is 1420 g/mol. The molecule has 32 heteroatoms. The van der Waals surface area contributed by atoms with Crippen molar-refractivity contribution in [2.24, 2.45) is 5.92 Å². The summed E-state index contributed by atoms with van der Waals surface area (Å²) in [6, 6.07) is 0. The quantitative estimate of drug-likeness (QED) is 0.0249. The zero-order valence-electron chi connectivity index (χ0n) is 47.9. The molecular weight excluding hydrogens is 1320 g/mol. The van der Waals surface area contributed by atoms with Gasteiger partial charge in [0.2, 0.25) is 0 Å². The zero-order valence-corrected chi connectivity index (χ0v) is 65.0. The largest absolute Gasteiger partial charge is 0.808 e. The molecule has 0 spiro atoms. The van der Waals surface area contributed by atoms with Crippen LogP contribution in [0, 0.1) is 5.92 Å². The van der Waals surface area contributed by atoms with E-state index in [-0.39, 0.29) is 0 Å². The fraction of sp³-hybridized carbons (Fsp3) is 0.952. The van der Waals surface area contributed by atoms with Crippen molar-refractivity contribution >= 4 is 191 Å². The van der Waals surface area contributed by atoms with Gasteiger partial charge in [-0.05, 0) is 135 Å². The molecule has 0 heterocycles. The molecule has 0 radical (unpaired) electrons. The summed E-state index contributed by atoms with van der Waals surface area (Å²) in [6.45, 7) is 46.6. The second-order valence-electron chi connectivity index (χ2n) is 14.2. The lowest BCUT2D eigenvalue weighted by molar-refractivity contribution is 0.0958. The van der Waals surface area contributed by atoms with Crippen molar-refractivity contribution in [3.05, 3.63) is 9.81 Å². The monoisotopic (exact) mass is 1420 g/mol. The van der Waals surface area contributed by atoms with Crippen LogP contribution in [0.5, 0.6) is 0 Å². The molecule has 0 saturated carbocycles. The fourth-order valence-electron chi connectivity index (χ4n) is 5.97. The minimum atomic E-state index is -3.20. The van der Waals surface area contributed by atoms with Crippen LogP contribution in [-0.2, 0) is 86.7 Å². The summed E-state index contributed by atoms with van der Waals surface area (Å²) in [5.74, 6) is 4.02. The lowest BCUT2D eigenvalue weighted by atomic mass is 10.0. The van der Waals surface area contributed by atoms with Gasteiger partial charge in [0.15, 0.2) is 72.9 Å². The third-order valence-electron chi connectivity index (χ3n) is 8.48. The van der Waals surface area contributed by atoms with Gasteiger partial charge in [-0.3, -0.25) is 0 Å². The Morgan fingerprint density at radius 3 is 0.784 bits per heavy atom. The minimum Gasteiger partial charge on any atom is -0.331 e. The number of rotatable bonds is 53. The van der Waals surface area contributed by atoms with Crippen molar-refractivity contribution in [1.82, 2.24) is 0 Å². The Morgan fingerprint density at radius 1 is 0.365 bits per heavy atom. The summed E-state index contributed by atoms with van der Waals surface area (Å²) in [5.41, 5.74) is 1.37. The molecule has 4 unspecified atom stereocenters. The van der Waals surface area contributed by atoms with Crippen molar-refractivity contribution < 1.29 is 53.1 Å². The molecule has 444 valence electrons. The molecule has 0 N–H and O–H groups in total. The van der Waals surface area contributed by atoms with Crippen LogP contribution >= 0.6 is 126 Å². The first-order valence-electron chi connectivity index (χ1n) is 26.0. The van der Waals surface area contributed by atoms with Crippen LogP contribution in [0.2, 0.25) is 0 Å². The van der Waals surface area contributed by atoms with Crippen LogP contribution in [-0.4, -0.2) is 138 Å². The first kappa shape index (κ1) is 79.7. The highest BCUT2D eigenvalue weighted by Crippen LogP contribution is 2.67. The van der Waals surface area contributed by atoms with Gasteiger partial charge in [-0.15, -0.1) is 0 Å². The molecular formula is C42H96O12S16Si4+4. The van der Waals surface area contributed by atoms with Gasteiger partial charge in [0.1, 0.15) is 4.08 Å². The minimum absolute atomic E-state index is 0.444. The Balaban J connectivity index is 9.20. The molecule has 0 aromatic heterocycles. The van der Waals surface area contributed by atoms with Gasteiger partial charge in [0.25, 0.3) is 0 Å². The van der Waals surface area contributed by atoms with Crippen LogP contribution < -0.4 is 0 Å². The van der Waals surface area contributed by atoms with Gasteiger partial charge < -0.3 is 53.1 Å². The molecule has 0 rings (SSSR count). The molecule has 0 aliphatic rings. The molecule has 0 aromatic carbocycles. The summed E-state index contributed by atoms with van der Waals surface area (Å²) in [6.07, 6.45) is 2.71. The van der Waals surface area contributed by atoms with E-state index in [0.717, 1.165) is 42.3 Å². The van der Waals surface area contributed by atoms with E-state index in [4.69, 9.17) is 53.1 Å². The van der Waals surface area contributed by atoms with E-state index in [1.54, 1.807) is 0 Å². The summed E-state index contributed by atoms with van der Waals surface area (Å²) >= 11 is 0. The Morgan fingerprint density at radius 2 is 0.595 bits per heavy atom. The highest BCUT2D eigenvalue weighted by atomic mass is 33.8. The van der Waals surface area contributed by atoms with Gasteiger partial charge in [-0.2, -0.15) is 0 Å². The van der Waals surface area contributed by atoms with E-state index in [1.807, 2.05) is 167 Å². The maximum Gasteiger partial charge on any atom is 0.808 e. The predicted octanol–water partition coefficient (Wildman–Crippen LogP) is 17.3. The summed E-state index contributed by atoms with van der Waals surface area (Å²) < 4.78 is 81.3. The maximum absolute atomic E-state index is 6.74. The van der Waals surface area contributed by atoms with Crippen LogP contribution in [0.3, 0.4) is 0 Å². The highest BCUT2D eigenvalue weighted by molar-refractivity contribution is 9.33. The number of hydrogen-bond donors (Lipinski definition) is 0. The van der Waals surface area contributed by atoms with Crippen LogP contribution in [0.4, 0.5) is 0 Å². The van der Waals surface area contributed by atoms with E-state index in [2.05, 4.69) is 90.0 Å². The van der Waals surface area contributed by atoms with Gasteiger partial charge >= 0.3 is 31.8 Å². The van der Waals surface area contributed by atoms with Gasteiger partial charge in [0.05, 0.1) is 47.4 Å². The van der Waals surface area contributed by atoms with Gasteiger partial charge in [-0.25, -0.2) is 0 Å². The molecule has 12 nitrogen and oxygen atoms in total. The van der Waals surface area contributed by atoms with Crippen molar-refractivity contribution in [2.45, 2.75) is 155 Å². The standard InChI is InChI=1S/C42H96O12S16Si4/c1-20-40(41(59-63-67(55-33-14)71(43-21-2,44-22-3)45-23-4)60-64-68(56-34-15)72(46-24-5,47-25-6)48-26-7)42(38-37-39(18)19,61-65-69(57-35-16)73(49-27-8,50-28-9)51-29-10)62-66-70(58-36-17)74(52-30-11,53-31-12)54-32-13/h39H,20-38H2,1-19H3/q+4. The lowest BCUT2D eigenvalue weighted by Crippen LogP contribution is -2.51. The topological polar surface area (TPSA) is 111 Å². The van der Waals surface area contributed by atoms with Crippen LogP contribution in [0.1, 0.15) is 151 Å². The average Bonchev–Trinajstić information content (AvgIpc) is 3.36. The van der Waals surface area contributed by atoms with Gasteiger partial charge in [-0.1, -0.05) is 48.5 Å². The van der Waals surface area contributed by atoms with Crippen molar-refractivity contribution in [2.75, 3.05) is 102 Å². The van der Waals surface area contributed by atoms with Gasteiger partial charge in [0, 0.05) is 124 Å². The lowest BCUT2D eigenvalue weighted by Gasteiger charge is -2.35. The molecule has 0 aliphatic heterocycles. The fourth-order valence-corrected chi connectivity index (χ4v) is 92.2. The van der Waals surface area contributed by atoms with Crippen molar-refractivity contribution in [3.63, 3.8) is 0 Å². The molecule has 0 bridgehead atoms. The smallest absolute Gasteiger partial charge is 0.331 e. The Bertz CT molecular complexity index is 1260. The third kappa shape index (κ3) is 27.2. The van der Waals surface area contributed by atoms with E-state index in [1.165, 1.54) is 9.81 Å². The molecule has 0 fully saturated rings. The summed E-state index contributed by atoms with van der Waals surface area (Å²) in [4.78, 5) is 0. The molecule has 0 saturated heterocycles. The second-order valence-corrected chi connectivity index (χ2v) is 70.6. The zero-order chi connectivity index (χ0) is 55.9. The Kier molecular flexibility index (Phi) is 51.5. The normalized spacial score (nSPS) is 15.4. The number of hydrogen-bond acceptors (Lipinski definition) is 24. The van der Waals surface area contributed by atoms with Crippen molar-refractivity contribution in [1.29, 1.82) is 0 Å². The molecule has 0 amide bonds. The van der Waals surface area contributed by atoms with Crippen LogP contribution in [0.25, 0.3) is 0 Å². The predicted molar refractivity (Wildman–Crippen MR) is 369 cm³/mol. The first-order chi connectivity index (χ1) is 35.7. The van der Waals surface area contributed by atoms with E-state index in [9.17, 15) is 0 Å². The molecule has 0 aromatic rings. The van der Waals surface area contributed by atoms with E-state index >= 15 is 0 Å². The summed E-state index contributed by atoms with van der Waals surface area (Å²) in [7, 11) is 8.06. The third-order valence-corrected chi connectivity index (χ3v) is 87.1. The second kappa shape index (κ2) is 47.8. The van der Waals surface area contributed by atoms with E-state index in [0.29, 0.717) is 85.2 Å². The Hall–Kier alpha value is 5.73. The van der Waals surface area contributed by atoms with Crippen LogP contribution in [0.15, 0.2) is 9.81 Å². The Labute approximate surface area is 511 Å². The molecule has 4 atom stereocenters. The maximum atomic E-state index is 6.74.